The fourth-order valence-corrected chi connectivity index (χ4v) is 6.06. The summed E-state index contributed by atoms with van der Waals surface area (Å²) in [6.45, 7) is 0.319. The first-order valence-corrected chi connectivity index (χ1v) is 9.99. The van der Waals surface area contributed by atoms with Gasteiger partial charge >= 0.3 is 0 Å². The molecule has 1 saturated heterocycles. The molecule has 1 N–H and O–H groups in total. The summed E-state index contributed by atoms with van der Waals surface area (Å²) in [5.41, 5.74) is 0.996. The van der Waals surface area contributed by atoms with E-state index in [0.29, 0.717) is 35.8 Å². The van der Waals surface area contributed by atoms with Crippen LogP contribution >= 0.6 is 0 Å². The van der Waals surface area contributed by atoms with Crippen LogP contribution in [0.2, 0.25) is 0 Å². The van der Waals surface area contributed by atoms with Gasteiger partial charge in [0.2, 0.25) is 15.9 Å². The summed E-state index contributed by atoms with van der Waals surface area (Å²) in [4.78, 5) is 13.0. The summed E-state index contributed by atoms with van der Waals surface area (Å²) in [6.07, 6.45) is 0.336. The molecule has 0 aromatic heterocycles. The molecule has 2 aromatic rings. The summed E-state index contributed by atoms with van der Waals surface area (Å²) in [6, 6.07) is 13.8. The van der Waals surface area contributed by atoms with E-state index in [1.165, 1.54) is 18.5 Å². The van der Waals surface area contributed by atoms with E-state index >= 15 is 0 Å². The Bertz CT molecular complexity index is 992. The maximum atomic E-state index is 13.2. The Morgan fingerprint density at radius 1 is 1.15 bits per heavy atom. The van der Waals surface area contributed by atoms with Gasteiger partial charge in [-0.15, -0.1) is 0 Å². The molecule has 0 radical (unpaired) electrons. The molecule has 2 aliphatic rings. The minimum Gasteiger partial charge on any atom is -0.497 e. The zero-order valence-electron chi connectivity index (χ0n) is 15.0. The van der Waals surface area contributed by atoms with Crippen LogP contribution in [0.15, 0.2) is 48.5 Å². The molecule has 2 fully saturated rings. The van der Waals surface area contributed by atoms with Gasteiger partial charge in [-0.2, -0.15) is 0 Å². The van der Waals surface area contributed by atoms with Crippen LogP contribution in [0.4, 0.5) is 11.4 Å². The summed E-state index contributed by atoms with van der Waals surface area (Å²) in [7, 11) is -0.792. The third-order valence-electron chi connectivity index (χ3n) is 5.27. The molecule has 1 aliphatic carbocycles. The van der Waals surface area contributed by atoms with Crippen LogP contribution in [0.25, 0.3) is 0 Å². The average Bonchev–Trinajstić information content (AvgIpc) is 3.38. The van der Waals surface area contributed by atoms with E-state index in [1.54, 1.807) is 42.5 Å². The Morgan fingerprint density at radius 3 is 2.56 bits per heavy atom. The number of carbonyl (C=O) groups excluding carboxylic acids is 1. The Balaban J connectivity index is 1.62. The molecule has 27 heavy (non-hydrogen) atoms. The Kier molecular flexibility index (Phi) is 4.03. The maximum absolute atomic E-state index is 13.2. The van der Waals surface area contributed by atoms with Crippen LogP contribution in [0, 0.1) is 5.92 Å². The van der Waals surface area contributed by atoms with Crippen molar-refractivity contribution in [2.75, 3.05) is 30.4 Å². The maximum Gasteiger partial charge on any atom is 0.250 e. The molecule has 1 saturated carbocycles. The number of nitrogens with one attached hydrogen (secondary N) is 1. The number of nitrogens with zero attached hydrogens (tertiary/aromatic N) is 1. The van der Waals surface area contributed by atoms with Gasteiger partial charge in [0.1, 0.15) is 11.5 Å². The van der Waals surface area contributed by atoms with Crippen LogP contribution in [-0.2, 0) is 14.8 Å². The standard InChI is InChI=1S/C19H20N2O5S/c1-25-15-8-9-16(17(10-15)26-2)20-18(22)19-11-13(19)12-21(27(19,23)24)14-6-4-3-5-7-14/h3-10,13H,11-12H2,1-2H3,(H,20,22)/t13-,19+/m1/s1. The van der Waals surface area contributed by atoms with Crippen LogP contribution in [-0.4, -0.2) is 39.8 Å². The van der Waals surface area contributed by atoms with Gasteiger partial charge in [-0.25, -0.2) is 8.42 Å². The van der Waals surface area contributed by atoms with Crippen molar-refractivity contribution in [3.8, 4) is 11.5 Å². The average molecular weight is 388 g/mol. The molecule has 1 amide bonds. The number of hydrogen-bond donors (Lipinski definition) is 1. The summed E-state index contributed by atoms with van der Waals surface area (Å²) < 4.78 is 36.7. The van der Waals surface area contributed by atoms with E-state index in [2.05, 4.69) is 5.32 Å². The number of rotatable bonds is 5. The van der Waals surface area contributed by atoms with Crippen LogP contribution in [0.1, 0.15) is 6.42 Å². The predicted molar refractivity (Wildman–Crippen MR) is 102 cm³/mol. The largest absolute Gasteiger partial charge is 0.497 e. The van der Waals surface area contributed by atoms with Gasteiger partial charge in [0.15, 0.2) is 4.75 Å². The monoisotopic (exact) mass is 388 g/mol. The van der Waals surface area contributed by atoms with Crippen LogP contribution in [0.5, 0.6) is 11.5 Å². The van der Waals surface area contributed by atoms with Crippen molar-refractivity contribution >= 4 is 27.3 Å². The molecule has 0 bridgehead atoms. The highest BCUT2D eigenvalue weighted by Crippen LogP contribution is 2.58. The fourth-order valence-electron chi connectivity index (χ4n) is 3.69. The Morgan fingerprint density at radius 2 is 1.89 bits per heavy atom. The number of benzene rings is 2. The van der Waals surface area contributed by atoms with Gasteiger partial charge in [-0.1, -0.05) is 18.2 Å². The van der Waals surface area contributed by atoms with Crippen LogP contribution in [0.3, 0.4) is 0 Å². The number of fused-ring (bicyclic) bond motifs is 1. The lowest BCUT2D eigenvalue weighted by molar-refractivity contribution is -0.116. The molecular formula is C19H20N2O5S. The number of amides is 1. The van der Waals surface area contributed by atoms with Crippen molar-refractivity contribution in [2.24, 2.45) is 5.92 Å². The number of para-hydroxylation sites is 1. The molecule has 1 aliphatic heterocycles. The quantitative estimate of drug-likeness (QED) is 0.849. The normalized spacial score (nSPS) is 24.8. The second-order valence-electron chi connectivity index (χ2n) is 6.68. The minimum absolute atomic E-state index is 0.216. The molecular weight excluding hydrogens is 368 g/mol. The van der Waals surface area contributed by atoms with Gasteiger partial charge in [0.05, 0.1) is 25.6 Å². The van der Waals surface area contributed by atoms with Crippen molar-refractivity contribution in [3.05, 3.63) is 48.5 Å². The van der Waals surface area contributed by atoms with Crippen molar-refractivity contribution in [3.63, 3.8) is 0 Å². The molecule has 0 unspecified atom stereocenters. The summed E-state index contributed by atoms with van der Waals surface area (Å²) >= 11 is 0. The number of anilines is 2. The zero-order chi connectivity index (χ0) is 19.2. The number of carbonyl (C=O) groups is 1. The third-order valence-corrected chi connectivity index (χ3v) is 7.82. The topological polar surface area (TPSA) is 84.9 Å². The SMILES string of the molecule is COc1ccc(NC(=O)[C@]23C[C@@H]2CN(c2ccccc2)S3(=O)=O)c(OC)c1. The highest BCUT2D eigenvalue weighted by atomic mass is 32.2. The Hall–Kier alpha value is -2.74. The fraction of sp³-hybridized carbons (Fsp3) is 0.316. The first-order valence-electron chi connectivity index (χ1n) is 8.55. The van der Waals surface area contributed by atoms with E-state index < -0.39 is 20.7 Å². The van der Waals surface area contributed by atoms with E-state index in [0.717, 1.165) is 0 Å². The highest BCUT2D eigenvalue weighted by Gasteiger charge is 2.75. The van der Waals surface area contributed by atoms with Gasteiger partial charge in [-0.05, 0) is 30.7 Å². The van der Waals surface area contributed by atoms with Crippen molar-refractivity contribution in [1.82, 2.24) is 0 Å². The summed E-state index contributed by atoms with van der Waals surface area (Å²) in [5, 5.41) is 2.74. The second-order valence-corrected chi connectivity index (χ2v) is 8.80. The van der Waals surface area contributed by atoms with Gasteiger partial charge in [-0.3, -0.25) is 9.10 Å². The van der Waals surface area contributed by atoms with Crippen molar-refractivity contribution in [1.29, 1.82) is 0 Å². The van der Waals surface area contributed by atoms with E-state index in [9.17, 15) is 13.2 Å². The second kappa shape index (κ2) is 6.16. The smallest absolute Gasteiger partial charge is 0.250 e. The molecule has 0 spiro atoms. The number of sulfonamides is 1. The van der Waals surface area contributed by atoms with E-state index in [-0.39, 0.29) is 5.92 Å². The van der Waals surface area contributed by atoms with Gasteiger partial charge < -0.3 is 14.8 Å². The molecule has 7 nitrogen and oxygen atoms in total. The highest BCUT2D eigenvalue weighted by molar-refractivity contribution is 7.95. The number of methoxy groups -OCH3 is 2. The first kappa shape index (κ1) is 17.7. The zero-order valence-corrected chi connectivity index (χ0v) is 15.8. The van der Waals surface area contributed by atoms with E-state index in [1.807, 2.05) is 6.07 Å². The van der Waals surface area contributed by atoms with Crippen molar-refractivity contribution in [2.45, 2.75) is 11.2 Å². The molecule has 1 heterocycles. The summed E-state index contributed by atoms with van der Waals surface area (Å²) in [5.74, 6) is 0.254. The Labute approximate surface area is 157 Å². The van der Waals surface area contributed by atoms with Gasteiger partial charge in [0.25, 0.3) is 0 Å². The molecule has 8 heteroatoms. The van der Waals surface area contributed by atoms with E-state index in [4.69, 9.17) is 9.47 Å². The third kappa shape index (κ3) is 2.55. The van der Waals surface area contributed by atoms with Crippen LogP contribution < -0.4 is 19.1 Å². The number of hydrogen-bond acceptors (Lipinski definition) is 5. The first-order chi connectivity index (χ1) is 12.9. The number of ether oxygens (including phenoxy) is 2. The lowest BCUT2D eigenvalue weighted by Crippen LogP contribution is -2.42. The van der Waals surface area contributed by atoms with Crippen molar-refractivity contribution < 1.29 is 22.7 Å². The minimum atomic E-state index is -3.80. The molecule has 4 rings (SSSR count). The lowest BCUT2D eigenvalue weighted by Gasteiger charge is -2.23. The molecule has 142 valence electrons. The molecule has 2 aromatic carbocycles. The predicted octanol–water partition coefficient (Wildman–Crippen LogP) is 2.25. The lowest BCUT2D eigenvalue weighted by atomic mass is 10.2. The molecule has 2 atom stereocenters. The van der Waals surface area contributed by atoms with Gasteiger partial charge in [0, 0.05) is 18.5 Å².